The molecule has 0 bridgehead atoms. The summed E-state index contributed by atoms with van der Waals surface area (Å²) < 4.78 is 27.3. The Balaban J connectivity index is 2.15. The van der Waals surface area contributed by atoms with Gasteiger partial charge in [-0.05, 0) is 35.5 Å². The second-order valence-corrected chi connectivity index (χ2v) is 5.15. The van der Waals surface area contributed by atoms with Gasteiger partial charge in [-0.1, -0.05) is 11.8 Å². The number of halogens is 2. The smallest absolute Gasteiger partial charge is 0.209 e. The zero-order chi connectivity index (χ0) is 14.0. The normalized spacial score (nSPS) is 12.4. The first kappa shape index (κ1) is 13.6. The lowest BCUT2D eigenvalue weighted by molar-refractivity contribution is 0.0993. The van der Waals surface area contributed by atoms with Gasteiger partial charge in [-0.2, -0.15) is 0 Å². The highest BCUT2D eigenvalue weighted by Crippen LogP contribution is 2.23. The molecule has 1 heterocycles. The molecule has 0 saturated carbocycles. The first-order valence-corrected chi connectivity index (χ1v) is 6.25. The van der Waals surface area contributed by atoms with Gasteiger partial charge in [-0.15, -0.1) is 5.10 Å². The highest BCUT2D eigenvalue weighted by atomic mass is 32.2. The van der Waals surface area contributed by atoms with Gasteiger partial charge in [0.15, 0.2) is 17.4 Å². The maximum Gasteiger partial charge on any atom is 0.209 e. The van der Waals surface area contributed by atoms with E-state index in [0.29, 0.717) is 5.16 Å². The average molecular weight is 284 g/mol. The Bertz CT molecular complexity index is 616. The molecule has 0 fully saturated rings. The van der Waals surface area contributed by atoms with E-state index in [0.717, 1.165) is 23.9 Å². The van der Waals surface area contributed by atoms with Gasteiger partial charge in [0.25, 0.3) is 0 Å². The summed E-state index contributed by atoms with van der Waals surface area (Å²) in [5.74, 6) is -2.33. The molecule has 2 rings (SSSR count). The third-order valence-corrected chi connectivity index (χ3v) is 3.56. The molecule has 1 aromatic carbocycles. The van der Waals surface area contributed by atoms with Crippen molar-refractivity contribution >= 4 is 17.5 Å². The lowest BCUT2D eigenvalue weighted by Crippen LogP contribution is -2.15. The fraction of sp³-hybridized carbons (Fsp3) is 0.273. The Morgan fingerprint density at radius 3 is 2.68 bits per heavy atom. The van der Waals surface area contributed by atoms with Crippen molar-refractivity contribution in [3.8, 4) is 0 Å². The second-order valence-electron chi connectivity index (χ2n) is 3.84. The largest absolute Gasteiger partial charge is 0.293 e. The van der Waals surface area contributed by atoms with Gasteiger partial charge in [0, 0.05) is 12.6 Å². The van der Waals surface area contributed by atoms with Crippen molar-refractivity contribution in [3.63, 3.8) is 0 Å². The number of carbonyl (C=O) groups is 1. The minimum atomic E-state index is -1.04. The van der Waals surface area contributed by atoms with Crippen LogP contribution in [0.15, 0.2) is 23.4 Å². The van der Waals surface area contributed by atoms with Gasteiger partial charge in [-0.25, -0.2) is 13.5 Å². The molecule has 0 amide bonds. The molecule has 0 N–H and O–H groups in total. The fourth-order valence-electron chi connectivity index (χ4n) is 1.42. The Kier molecular flexibility index (Phi) is 3.89. The maximum absolute atomic E-state index is 13.1. The molecule has 1 atom stereocenters. The molecule has 2 aromatic rings. The highest BCUT2D eigenvalue weighted by Gasteiger charge is 2.20. The lowest BCUT2D eigenvalue weighted by Gasteiger charge is -2.09. The van der Waals surface area contributed by atoms with Gasteiger partial charge in [0.1, 0.15) is 0 Å². The molecule has 0 radical (unpaired) electrons. The number of hydrogen-bond acceptors (Lipinski definition) is 5. The number of aryl methyl sites for hydroxylation is 1. The van der Waals surface area contributed by atoms with E-state index in [1.54, 1.807) is 14.0 Å². The quantitative estimate of drug-likeness (QED) is 0.633. The van der Waals surface area contributed by atoms with Crippen molar-refractivity contribution in [2.24, 2.45) is 7.05 Å². The maximum atomic E-state index is 13.1. The zero-order valence-electron chi connectivity index (χ0n) is 10.2. The number of aromatic nitrogens is 4. The number of rotatable bonds is 4. The van der Waals surface area contributed by atoms with Crippen LogP contribution in [0.25, 0.3) is 0 Å². The topological polar surface area (TPSA) is 60.7 Å². The molecular weight excluding hydrogens is 274 g/mol. The number of benzene rings is 1. The number of tetrazole rings is 1. The minimum absolute atomic E-state index is 0.119. The molecule has 0 aliphatic rings. The van der Waals surface area contributed by atoms with Gasteiger partial charge < -0.3 is 0 Å². The summed E-state index contributed by atoms with van der Waals surface area (Å²) in [6, 6.07) is 3.08. The highest BCUT2D eigenvalue weighted by molar-refractivity contribution is 8.00. The van der Waals surface area contributed by atoms with E-state index in [1.807, 2.05) is 0 Å². The van der Waals surface area contributed by atoms with Crippen LogP contribution in [0, 0.1) is 11.6 Å². The molecule has 0 spiro atoms. The molecule has 0 unspecified atom stereocenters. The molecule has 0 aliphatic carbocycles. The van der Waals surface area contributed by atoms with Crippen LogP contribution in [-0.2, 0) is 7.05 Å². The summed E-state index contributed by atoms with van der Waals surface area (Å²) in [5.41, 5.74) is 0.119. The van der Waals surface area contributed by atoms with E-state index in [9.17, 15) is 13.6 Å². The standard InChI is InChI=1S/C11H10F2N4OS/c1-6(19-11-14-15-16-17(11)2)10(18)7-3-4-8(12)9(13)5-7/h3-6H,1-2H3/t6-/m1/s1. The van der Waals surface area contributed by atoms with Gasteiger partial charge in [-0.3, -0.25) is 4.79 Å². The fourth-order valence-corrected chi connectivity index (χ4v) is 2.25. The predicted octanol–water partition coefficient (Wildman–Crippen LogP) is 1.85. The second kappa shape index (κ2) is 5.43. The van der Waals surface area contributed by atoms with Crippen molar-refractivity contribution in [2.75, 3.05) is 0 Å². The van der Waals surface area contributed by atoms with Crippen LogP contribution in [-0.4, -0.2) is 31.2 Å². The van der Waals surface area contributed by atoms with Crippen molar-refractivity contribution in [1.29, 1.82) is 0 Å². The van der Waals surface area contributed by atoms with E-state index in [2.05, 4.69) is 15.5 Å². The van der Waals surface area contributed by atoms with E-state index in [4.69, 9.17) is 0 Å². The summed E-state index contributed by atoms with van der Waals surface area (Å²) in [5, 5.41) is 10.8. The van der Waals surface area contributed by atoms with Gasteiger partial charge in [0.05, 0.1) is 5.25 Å². The average Bonchev–Trinajstić information content (AvgIpc) is 2.77. The Morgan fingerprint density at radius 1 is 1.37 bits per heavy atom. The van der Waals surface area contributed by atoms with Gasteiger partial charge in [0.2, 0.25) is 5.16 Å². The Labute approximate surface area is 112 Å². The predicted molar refractivity (Wildman–Crippen MR) is 64.8 cm³/mol. The first-order valence-electron chi connectivity index (χ1n) is 5.37. The van der Waals surface area contributed by atoms with Crippen molar-refractivity contribution in [1.82, 2.24) is 20.2 Å². The summed E-state index contributed by atoms with van der Waals surface area (Å²) in [4.78, 5) is 12.1. The number of carbonyl (C=O) groups excluding carboxylic acids is 1. The third kappa shape index (κ3) is 2.95. The summed E-state index contributed by atoms with van der Waals surface area (Å²) >= 11 is 1.15. The minimum Gasteiger partial charge on any atom is -0.293 e. The summed E-state index contributed by atoms with van der Waals surface area (Å²) in [6.07, 6.45) is 0. The van der Waals surface area contributed by atoms with Crippen LogP contribution in [0.1, 0.15) is 17.3 Å². The van der Waals surface area contributed by atoms with Crippen LogP contribution in [0.4, 0.5) is 8.78 Å². The molecular formula is C11H10F2N4OS. The number of hydrogen-bond donors (Lipinski definition) is 0. The summed E-state index contributed by atoms with van der Waals surface area (Å²) in [7, 11) is 1.65. The number of ketones is 1. The number of Topliss-reactive ketones (excluding diaryl/α,β-unsaturated/α-hetero) is 1. The van der Waals surface area contributed by atoms with E-state index < -0.39 is 16.9 Å². The van der Waals surface area contributed by atoms with Crippen molar-refractivity contribution in [2.45, 2.75) is 17.3 Å². The molecule has 5 nitrogen and oxygen atoms in total. The lowest BCUT2D eigenvalue weighted by atomic mass is 10.1. The van der Waals surface area contributed by atoms with Crippen molar-refractivity contribution < 1.29 is 13.6 Å². The molecule has 8 heteroatoms. The van der Waals surface area contributed by atoms with Crippen molar-refractivity contribution in [3.05, 3.63) is 35.4 Å². The van der Waals surface area contributed by atoms with Crippen LogP contribution in [0.2, 0.25) is 0 Å². The van der Waals surface area contributed by atoms with Gasteiger partial charge >= 0.3 is 0 Å². The van der Waals surface area contributed by atoms with Crippen LogP contribution >= 0.6 is 11.8 Å². The first-order chi connectivity index (χ1) is 8.99. The van der Waals surface area contributed by atoms with Crippen LogP contribution in [0.3, 0.4) is 0 Å². The van der Waals surface area contributed by atoms with Crippen LogP contribution in [0.5, 0.6) is 0 Å². The van der Waals surface area contributed by atoms with E-state index in [1.165, 1.54) is 10.7 Å². The molecule has 100 valence electrons. The molecule has 1 aromatic heterocycles. The number of nitrogens with zero attached hydrogens (tertiary/aromatic N) is 4. The van der Waals surface area contributed by atoms with E-state index in [-0.39, 0.29) is 11.3 Å². The molecule has 0 aliphatic heterocycles. The van der Waals surface area contributed by atoms with E-state index >= 15 is 0 Å². The number of thioether (sulfide) groups is 1. The summed E-state index contributed by atoms with van der Waals surface area (Å²) in [6.45, 7) is 1.66. The molecule has 19 heavy (non-hydrogen) atoms. The Hall–Kier alpha value is -1.83. The molecule has 0 saturated heterocycles. The third-order valence-electron chi connectivity index (χ3n) is 2.44. The Morgan fingerprint density at radius 2 is 2.11 bits per heavy atom. The zero-order valence-corrected chi connectivity index (χ0v) is 11.0. The van der Waals surface area contributed by atoms with Crippen LogP contribution < -0.4 is 0 Å². The SMILES string of the molecule is C[C@@H](Sc1nnnn1C)C(=O)c1ccc(F)c(F)c1. The monoisotopic (exact) mass is 284 g/mol.